The Kier molecular flexibility index (Phi) is 5.81. The first kappa shape index (κ1) is 19.1. The summed E-state index contributed by atoms with van der Waals surface area (Å²) in [5.41, 5.74) is 1.87. The molecule has 1 fully saturated rings. The second-order valence-electron chi connectivity index (χ2n) is 6.83. The third-order valence-corrected chi connectivity index (χ3v) is 4.66. The van der Waals surface area contributed by atoms with E-state index in [1.807, 2.05) is 36.4 Å². The van der Waals surface area contributed by atoms with E-state index in [0.29, 0.717) is 43.8 Å². The van der Waals surface area contributed by atoms with Crippen LogP contribution in [0, 0.1) is 6.92 Å². The molecule has 0 aliphatic carbocycles. The molecule has 1 aliphatic heterocycles. The van der Waals surface area contributed by atoms with E-state index in [1.165, 1.54) is 0 Å². The number of rotatable bonds is 6. The summed E-state index contributed by atoms with van der Waals surface area (Å²) in [7, 11) is 0. The Morgan fingerprint density at radius 2 is 2.17 bits per heavy atom. The first-order chi connectivity index (χ1) is 14.2. The Morgan fingerprint density at radius 3 is 2.97 bits per heavy atom. The minimum Gasteiger partial charge on any atom is -0.489 e. The number of ether oxygens (including phenoxy) is 2. The van der Waals surface area contributed by atoms with Gasteiger partial charge >= 0.3 is 0 Å². The van der Waals surface area contributed by atoms with Crippen molar-refractivity contribution < 1.29 is 18.8 Å². The van der Waals surface area contributed by atoms with Crippen molar-refractivity contribution in [2.45, 2.75) is 26.0 Å². The van der Waals surface area contributed by atoms with Gasteiger partial charge in [-0.2, -0.15) is 4.98 Å². The van der Waals surface area contributed by atoms with E-state index in [4.69, 9.17) is 14.0 Å². The molecule has 1 aliphatic rings. The van der Waals surface area contributed by atoms with Crippen molar-refractivity contribution in [2.24, 2.45) is 0 Å². The van der Waals surface area contributed by atoms with Crippen LogP contribution in [0.15, 0.2) is 53.3 Å². The Bertz CT molecular complexity index is 960. The van der Waals surface area contributed by atoms with Crippen LogP contribution >= 0.6 is 0 Å². The summed E-state index contributed by atoms with van der Waals surface area (Å²) < 4.78 is 16.6. The Morgan fingerprint density at radius 1 is 1.28 bits per heavy atom. The van der Waals surface area contributed by atoms with E-state index >= 15 is 0 Å². The lowest BCUT2D eigenvalue weighted by Gasteiger charge is -2.33. The lowest BCUT2D eigenvalue weighted by molar-refractivity contribution is -0.140. The van der Waals surface area contributed by atoms with Gasteiger partial charge in [0.15, 0.2) is 5.82 Å². The predicted octanol–water partition coefficient (Wildman–Crippen LogP) is 2.49. The average molecular weight is 394 g/mol. The third kappa shape index (κ3) is 4.78. The number of aryl methyl sites for hydroxylation is 1. The molecular weight excluding hydrogens is 372 g/mol. The van der Waals surface area contributed by atoms with E-state index in [-0.39, 0.29) is 18.4 Å². The van der Waals surface area contributed by atoms with Gasteiger partial charge in [-0.25, -0.2) is 0 Å². The molecule has 8 heteroatoms. The highest BCUT2D eigenvalue weighted by Gasteiger charge is 2.32. The molecule has 3 heterocycles. The van der Waals surface area contributed by atoms with E-state index in [2.05, 4.69) is 15.1 Å². The van der Waals surface area contributed by atoms with E-state index in [9.17, 15) is 4.79 Å². The quantitative estimate of drug-likeness (QED) is 0.634. The summed E-state index contributed by atoms with van der Waals surface area (Å²) in [6.45, 7) is 3.50. The molecule has 1 saturated heterocycles. The Balaban J connectivity index is 1.42. The molecule has 29 heavy (non-hydrogen) atoms. The molecule has 1 unspecified atom stereocenters. The van der Waals surface area contributed by atoms with Gasteiger partial charge in [0.05, 0.1) is 19.6 Å². The maximum atomic E-state index is 13.0. The van der Waals surface area contributed by atoms with Gasteiger partial charge in [0.1, 0.15) is 18.4 Å². The molecule has 150 valence electrons. The number of hydrogen-bond acceptors (Lipinski definition) is 7. The van der Waals surface area contributed by atoms with Crippen LogP contribution in [0.4, 0.5) is 0 Å². The summed E-state index contributed by atoms with van der Waals surface area (Å²) in [5.74, 6) is 1.64. The molecular formula is C21H22N4O4. The summed E-state index contributed by atoms with van der Waals surface area (Å²) in [6, 6.07) is 11.0. The van der Waals surface area contributed by atoms with Gasteiger partial charge in [-0.1, -0.05) is 23.4 Å². The minimum atomic E-state index is -0.359. The first-order valence-corrected chi connectivity index (χ1v) is 9.47. The van der Waals surface area contributed by atoms with Crippen LogP contribution in [0.2, 0.25) is 0 Å². The molecule has 1 atom stereocenters. The van der Waals surface area contributed by atoms with Crippen molar-refractivity contribution in [3.05, 3.63) is 71.6 Å². The highest BCUT2D eigenvalue weighted by molar-refractivity contribution is 5.79. The normalized spacial score (nSPS) is 16.6. The fourth-order valence-electron chi connectivity index (χ4n) is 3.23. The molecule has 0 radical (unpaired) electrons. The molecule has 2 aromatic heterocycles. The van der Waals surface area contributed by atoms with Gasteiger partial charge in [-0.3, -0.25) is 9.78 Å². The zero-order valence-electron chi connectivity index (χ0n) is 16.2. The lowest BCUT2D eigenvalue weighted by Crippen LogP contribution is -2.44. The fraction of sp³-hybridized carbons (Fsp3) is 0.333. The standard InChI is InChI=1S/C21H22N4O4/c1-15-23-21(29-24-15)19-14-27-9-8-25(19)20(26)11-16-4-2-6-18(10-16)28-13-17-5-3-7-22-12-17/h2-7,10,12,19H,8-9,11,13-14H2,1H3. The number of amides is 1. The monoisotopic (exact) mass is 394 g/mol. The number of carbonyl (C=O) groups excluding carboxylic acids is 1. The average Bonchev–Trinajstić information content (AvgIpc) is 3.19. The number of carbonyl (C=O) groups is 1. The summed E-state index contributed by atoms with van der Waals surface area (Å²) >= 11 is 0. The molecule has 3 aromatic rings. The SMILES string of the molecule is Cc1noc(C2COCCN2C(=O)Cc2cccc(OCc3cccnc3)c2)n1. The molecule has 8 nitrogen and oxygen atoms in total. The number of aromatic nitrogens is 3. The van der Waals surface area contributed by atoms with Crippen LogP contribution in [0.3, 0.4) is 0 Å². The second kappa shape index (κ2) is 8.83. The number of morpholine rings is 1. The van der Waals surface area contributed by atoms with Crippen LogP contribution in [0.25, 0.3) is 0 Å². The van der Waals surface area contributed by atoms with Gasteiger partial charge < -0.3 is 18.9 Å². The second-order valence-corrected chi connectivity index (χ2v) is 6.83. The topological polar surface area (TPSA) is 90.6 Å². The molecule has 0 N–H and O–H groups in total. The minimum absolute atomic E-state index is 0.0152. The van der Waals surface area contributed by atoms with Crippen molar-refractivity contribution in [1.82, 2.24) is 20.0 Å². The van der Waals surface area contributed by atoms with Crippen LogP contribution < -0.4 is 4.74 Å². The predicted molar refractivity (Wildman–Crippen MR) is 103 cm³/mol. The summed E-state index contributed by atoms with van der Waals surface area (Å²) in [6.07, 6.45) is 3.75. The van der Waals surface area contributed by atoms with Crippen LogP contribution in [-0.2, 0) is 22.6 Å². The zero-order valence-corrected chi connectivity index (χ0v) is 16.2. The van der Waals surface area contributed by atoms with Crippen LogP contribution in [0.1, 0.15) is 28.9 Å². The Hall–Kier alpha value is -3.26. The summed E-state index contributed by atoms with van der Waals surface area (Å²) in [5, 5.41) is 3.83. The number of pyridine rings is 1. The van der Waals surface area contributed by atoms with Crippen molar-refractivity contribution in [2.75, 3.05) is 19.8 Å². The van der Waals surface area contributed by atoms with Crippen LogP contribution in [-0.4, -0.2) is 45.7 Å². The van der Waals surface area contributed by atoms with Crippen LogP contribution in [0.5, 0.6) is 5.75 Å². The van der Waals surface area contributed by atoms with Gasteiger partial charge in [0.25, 0.3) is 5.89 Å². The number of benzene rings is 1. The van der Waals surface area contributed by atoms with Crippen molar-refractivity contribution >= 4 is 5.91 Å². The van der Waals surface area contributed by atoms with Gasteiger partial charge in [0, 0.05) is 24.5 Å². The van der Waals surface area contributed by atoms with Gasteiger partial charge in [0.2, 0.25) is 5.91 Å². The van der Waals surface area contributed by atoms with Gasteiger partial charge in [-0.15, -0.1) is 0 Å². The maximum absolute atomic E-state index is 13.0. The molecule has 0 bridgehead atoms. The molecule has 1 amide bonds. The highest BCUT2D eigenvalue weighted by Crippen LogP contribution is 2.24. The molecule has 1 aromatic carbocycles. The first-order valence-electron chi connectivity index (χ1n) is 9.47. The number of hydrogen-bond donors (Lipinski definition) is 0. The molecule has 0 spiro atoms. The van der Waals surface area contributed by atoms with E-state index in [0.717, 1.165) is 11.1 Å². The molecule has 4 rings (SSSR count). The van der Waals surface area contributed by atoms with Crippen molar-refractivity contribution in [3.8, 4) is 5.75 Å². The van der Waals surface area contributed by atoms with Crippen molar-refractivity contribution in [1.29, 1.82) is 0 Å². The maximum Gasteiger partial charge on any atom is 0.251 e. The molecule has 0 saturated carbocycles. The highest BCUT2D eigenvalue weighted by atomic mass is 16.5. The van der Waals surface area contributed by atoms with E-state index in [1.54, 1.807) is 24.2 Å². The smallest absolute Gasteiger partial charge is 0.251 e. The van der Waals surface area contributed by atoms with Gasteiger partial charge in [-0.05, 0) is 30.7 Å². The fourth-order valence-corrected chi connectivity index (χ4v) is 3.23. The summed E-state index contributed by atoms with van der Waals surface area (Å²) in [4.78, 5) is 23.1. The number of nitrogens with zero attached hydrogens (tertiary/aromatic N) is 4. The zero-order chi connectivity index (χ0) is 20.1. The lowest BCUT2D eigenvalue weighted by atomic mass is 10.1. The third-order valence-electron chi connectivity index (χ3n) is 4.66. The van der Waals surface area contributed by atoms with E-state index < -0.39 is 0 Å². The largest absolute Gasteiger partial charge is 0.489 e. The Labute approximate surface area is 168 Å². The van der Waals surface area contributed by atoms with Crippen molar-refractivity contribution in [3.63, 3.8) is 0 Å².